The molecule has 1 aromatic heterocycles. The van der Waals surface area contributed by atoms with Gasteiger partial charge in [0.2, 0.25) is 0 Å². The van der Waals surface area contributed by atoms with Crippen molar-refractivity contribution in [1.82, 2.24) is 4.57 Å². The Morgan fingerprint density at radius 2 is 1.91 bits per heavy atom. The zero-order valence-electron chi connectivity index (χ0n) is 13.7. The third-order valence-electron chi connectivity index (χ3n) is 4.11. The lowest BCUT2D eigenvalue weighted by Gasteiger charge is -2.21. The molecule has 1 aliphatic heterocycles. The number of methoxy groups -OCH3 is 2. The number of benzene rings is 1. The van der Waals surface area contributed by atoms with Crippen LogP contribution in [0.1, 0.15) is 18.1 Å². The number of hydrogen-bond donors (Lipinski definition) is 0. The molecule has 2 aromatic rings. The Bertz CT molecular complexity index is 733. The Morgan fingerprint density at radius 1 is 1.17 bits per heavy atom. The first-order valence-electron chi connectivity index (χ1n) is 7.76. The summed E-state index contributed by atoms with van der Waals surface area (Å²) in [6.45, 7) is 3.12. The Kier molecular flexibility index (Phi) is 4.28. The highest BCUT2D eigenvalue weighted by Gasteiger charge is 2.21. The van der Waals surface area contributed by atoms with Gasteiger partial charge in [0.15, 0.2) is 11.5 Å². The lowest BCUT2D eigenvalue weighted by atomic mass is 9.97. The molecule has 0 fully saturated rings. The van der Waals surface area contributed by atoms with Crippen LogP contribution in [-0.4, -0.2) is 31.4 Å². The van der Waals surface area contributed by atoms with Crippen LogP contribution in [0.4, 0.5) is 0 Å². The van der Waals surface area contributed by atoms with Crippen molar-refractivity contribution in [3.63, 3.8) is 0 Å². The zero-order chi connectivity index (χ0) is 16.4. The summed E-state index contributed by atoms with van der Waals surface area (Å²) < 4.78 is 18.0. The van der Waals surface area contributed by atoms with Crippen LogP contribution in [0.25, 0.3) is 11.3 Å². The standard InChI is InChI=1S/C18H21NO4/c1-4-23-18(20)8-12-7-15-14-10-17(22-3)16(21-2)9-13(14)5-6-19(15)11-12/h7,9-11H,4-6,8H2,1-3H3. The van der Waals surface area contributed by atoms with Gasteiger partial charge < -0.3 is 18.8 Å². The van der Waals surface area contributed by atoms with Crippen LogP contribution in [0.5, 0.6) is 11.5 Å². The number of aryl methyl sites for hydroxylation is 2. The number of esters is 1. The lowest BCUT2D eigenvalue weighted by Crippen LogP contribution is -2.10. The topological polar surface area (TPSA) is 49.7 Å². The largest absolute Gasteiger partial charge is 0.493 e. The molecular weight excluding hydrogens is 294 g/mol. The Balaban J connectivity index is 1.97. The number of hydrogen-bond acceptors (Lipinski definition) is 4. The molecule has 122 valence electrons. The van der Waals surface area contributed by atoms with Gasteiger partial charge in [-0.25, -0.2) is 0 Å². The van der Waals surface area contributed by atoms with Crippen LogP contribution in [0.3, 0.4) is 0 Å². The van der Waals surface area contributed by atoms with Crippen molar-refractivity contribution in [2.45, 2.75) is 26.3 Å². The molecule has 0 aliphatic carbocycles. The first-order valence-corrected chi connectivity index (χ1v) is 7.76. The number of carbonyl (C=O) groups excluding carboxylic acids is 1. The second-order valence-electron chi connectivity index (χ2n) is 5.52. The number of rotatable bonds is 5. The Morgan fingerprint density at radius 3 is 2.61 bits per heavy atom. The predicted octanol–water partition coefficient (Wildman–Crippen LogP) is 2.83. The van der Waals surface area contributed by atoms with Gasteiger partial charge in [0, 0.05) is 24.0 Å². The third-order valence-corrected chi connectivity index (χ3v) is 4.11. The van der Waals surface area contributed by atoms with Crippen molar-refractivity contribution in [3.05, 3.63) is 35.5 Å². The normalized spacial score (nSPS) is 12.3. The van der Waals surface area contributed by atoms with E-state index in [4.69, 9.17) is 14.2 Å². The van der Waals surface area contributed by atoms with E-state index in [1.807, 2.05) is 25.3 Å². The number of carbonyl (C=O) groups is 1. The van der Waals surface area contributed by atoms with E-state index in [1.165, 1.54) is 5.56 Å². The molecule has 0 bridgehead atoms. The van der Waals surface area contributed by atoms with E-state index in [-0.39, 0.29) is 5.97 Å². The molecule has 1 aliphatic rings. The maximum Gasteiger partial charge on any atom is 0.310 e. The summed E-state index contributed by atoms with van der Waals surface area (Å²) in [5.41, 5.74) is 4.44. The molecule has 1 aromatic carbocycles. The monoisotopic (exact) mass is 315 g/mol. The van der Waals surface area contributed by atoms with Crippen molar-refractivity contribution < 1.29 is 19.0 Å². The average Bonchev–Trinajstić information content (AvgIpc) is 2.96. The molecule has 23 heavy (non-hydrogen) atoms. The first-order chi connectivity index (χ1) is 11.2. The van der Waals surface area contributed by atoms with Gasteiger partial charge in [-0.05, 0) is 42.7 Å². The van der Waals surface area contributed by atoms with Gasteiger partial charge in [-0.1, -0.05) is 0 Å². The van der Waals surface area contributed by atoms with Gasteiger partial charge in [-0.2, -0.15) is 0 Å². The summed E-state index contributed by atoms with van der Waals surface area (Å²) in [4.78, 5) is 11.7. The van der Waals surface area contributed by atoms with Gasteiger partial charge in [-0.15, -0.1) is 0 Å². The summed E-state index contributed by atoms with van der Waals surface area (Å²) in [5.74, 6) is 1.27. The molecule has 0 unspecified atom stereocenters. The molecule has 2 heterocycles. The van der Waals surface area contributed by atoms with E-state index in [0.717, 1.165) is 35.5 Å². The minimum atomic E-state index is -0.192. The minimum absolute atomic E-state index is 0.192. The van der Waals surface area contributed by atoms with Crippen LogP contribution in [0.2, 0.25) is 0 Å². The van der Waals surface area contributed by atoms with Crippen LogP contribution < -0.4 is 9.47 Å². The van der Waals surface area contributed by atoms with E-state index in [0.29, 0.717) is 18.8 Å². The summed E-state index contributed by atoms with van der Waals surface area (Å²) >= 11 is 0. The number of ether oxygens (including phenoxy) is 3. The highest BCUT2D eigenvalue weighted by atomic mass is 16.5. The molecule has 3 rings (SSSR count). The summed E-state index contributed by atoms with van der Waals surface area (Å²) in [7, 11) is 3.28. The lowest BCUT2D eigenvalue weighted by molar-refractivity contribution is -0.142. The molecule has 5 heteroatoms. The fraction of sp³-hybridized carbons (Fsp3) is 0.389. The zero-order valence-corrected chi connectivity index (χ0v) is 13.7. The highest BCUT2D eigenvalue weighted by molar-refractivity contribution is 5.75. The maximum atomic E-state index is 11.7. The first kappa shape index (κ1) is 15.5. The maximum absolute atomic E-state index is 11.7. The van der Waals surface area contributed by atoms with Gasteiger partial charge in [-0.3, -0.25) is 4.79 Å². The number of nitrogens with zero attached hydrogens (tertiary/aromatic N) is 1. The van der Waals surface area contributed by atoms with Crippen LogP contribution in [-0.2, 0) is 28.9 Å². The van der Waals surface area contributed by atoms with Gasteiger partial charge >= 0.3 is 5.97 Å². The van der Waals surface area contributed by atoms with E-state index >= 15 is 0 Å². The molecule has 0 spiro atoms. The van der Waals surface area contributed by atoms with E-state index in [2.05, 4.69) is 10.6 Å². The molecule has 0 saturated carbocycles. The van der Waals surface area contributed by atoms with Gasteiger partial charge in [0.25, 0.3) is 0 Å². The van der Waals surface area contributed by atoms with Crippen LogP contribution >= 0.6 is 0 Å². The third kappa shape index (κ3) is 2.91. The van der Waals surface area contributed by atoms with E-state index in [1.54, 1.807) is 14.2 Å². The summed E-state index contributed by atoms with van der Waals surface area (Å²) in [6.07, 6.45) is 3.26. The molecule has 5 nitrogen and oxygen atoms in total. The average molecular weight is 315 g/mol. The second kappa shape index (κ2) is 6.36. The van der Waals surface area contributed by atoms with Gasteiger partial charge in [0.1, 0.15) is 0 Å². The van der Waals surface area contributed by atoms with Gasteiger partial charge in [0.05, 0.1) is 27.2 Å². The van der Waals surface area contributed by atoms with Crippen molar-refractivity contribution in [2.75, 3.05) is 20.8 Å². The van der Waals surface area contributed by atoms with Crippen molar-refractivity contribution >= 4 is 5.97 Å². The van der Waals surface area contributed by atoms with E-state index < -0.39 is 0 Å². The van der Waals surface area contributed by atoms with Crippen LogP contribution in [0.15, 0.2) is 24.4 Å². The van der Waals surface area contributed by atoms with Crippen molar-refractivity contribution in [2.24, 2.45) is 0 Å². The Hall–Kier alpha value is -2.43. The molecule has 0 N–H and O–H groups in total. The highest BCUT2D eigenvalue weighted by Crippen LogP contribution is 2.39. The van der Waals surface area contributed by atoms with E-state index in [9.17, 15) is 4.79 Å². The molecule has 0 radical (unpaired) electrons. The predicted molar refractivity (Wildman–Crippen MR) is 87.0 cm³/mol. The molecule has 0 saturated heterocycles. The van der Waals surface area contributed by atoms with Crippen molar-refractivity contribution in [3.8, 4) is 22.8 Å². The number of fused-ring (bicyclic) bond motifs is 3. The smallest absolute Gasteiger partial charge is 0.310 e. The fourth-order valence-corrected chi connectivity index (χ4v) is 3.07. The summed E-state index contributed by atoms with van der Waals surface area (Å²) in [6, 6.07) is 6.10. The van der Waals surface area contributed by atoms with Crippen LogP contribution in [0, 0.1) is 0 Å². The summed E-state index contributed by atoms with van der Waals surface area (Å²) in [5, 5.41) is 0. The fourth-order valence-electron chi connectivity index (χ4n) is 3.07. The quantitative estimate of drug-likeness (QED) is 0.796. The Labute approximate surface area is 135 Å². The molecular formula is C18H21NO4. The number of aromatic nitrogens is 1. The molecule has 0 amide bonds. The molecule has 0 atom stereocenters. The second-order valence-corrected chi connectivity index (χ2v) is 5.52. The SMILES string of the molecule is CCOC(=O)Cc1cc2n(c1)CCc1cc(OC)c(OC)cc1-2. The van der Waals surface area contributed by atoms with Crippen molar-refractivity contribution in [1.29, 1.82) is 0 Å². The minimum Gasteiger partial charge on any atom is -0.493 e.